The topological polar surface area (TPSA) is 49.4 Å². The van der Waals surface area contributed by atoms with Crippen LogP contribution in [0.3, 0.4) is 0 Å². The van der Waals surface area contributed by atoms with Crippen LogP contribution in [0.4, 0.5) is 5.69 Å². The predicted molar refractivity (Wildman–Crippen MR) is 108 cm³/mol. The Morgan fingerprint density at radius 2 is 1.67 bits per heavy atom. The molecular weight excluding hydrogens is 360 g/mol. The molecule has 2 aromatic rings. The van der Waals surface area contributed by atoms with Gasteiger partial charge in [0.05, 0.1) is 0 Å². The van der Waals surface area contributed by atoms with Crippen molar-refractivity contribution in [2.24, 2.45) is 11.8 Å². The van der Waals surface area contributed by atoms with E-state index in [9.17, 15) is 9.59 Å². The van der Waals surface area contributed by atoms with E-state index < -0.39 is 0 Å². The maximum absolute atomic E-state index is 12.7. The molecule has 0 atom stereocenters. The Labute approximate surface area is 165 Å². The van der Waals surface area contributed by atoms with Crippen molar-refractivity contribution in [3.8, 4) is 0 Å². The molecule has 4 nitrogen and oxygen atoms in total. The second-order valence-electron chi connectivity index (χ2n) is 7.23. The molecule has 2 aromatic carbocycles. The highest BCUT2D eigenvalue weighted by Gasteiger charge is 2.31. The van der Waals surface area contributed by atoms with E-state index in [2.05, 4.69) is 5.32 Å². The molecule has 0 aliphatic heterocycles. The van der Waals surface area contributed by atoms with E-state index in [4.69, 9.17) is 11.6 Å². The smallest absolute Gasteiger partial charge is 0.227 e. The molecule has 5 heteroatoms. The first-order valence-electron chi connectivity index (χ1n) is 9.38. The summed E-state index contributed by atoms with van der Waals surface area (Å²) in [6.45, 7) is 0.620. The van der Waals surface area contributed by atoms with Crippen molar-refractivity contribution in [2.75, 3.05) is 12.4 Å². The Hall–Kier alpha value is -2.33. The molecule has 27 heavy (non-hydrogen) atoms. The third-order valence-corrected chi connectivity index (χ3v) is 5.41. The monoisotopic (exact) mass is 384 g/mol. The van der Waals surface area contributed by atoms with Crippen LogP contribution in [-0.2, 0) is 16.1 Å². The number of nitrogens with one attached hydrogen (secondary N) is 1. The van der Waals surface area contributed by atoms with Crippen molar-refractivity contribution in [1.82, 2.24) is 4.90 Å². The number of amides is 2. The highest BCUT2D eigenvalue weighted by molar-refractivity contribution is 6.30. The Kier molecular flexibility index (Phi) is 6.51. The minimum atomic E-state index is -0.0486. The fourth-order valence-electron chi connectivity index (χ4n) is 3.66. The molecule has 0 spiro atoms. The summed E-state index contributed by atoms with van der Waals surface area (Å²) in [5.41, 5.74) is 1.84. The normalized spacial score (nSPS) is 19.3. The lowest BCUT2D eigenvalue weighted by atomic mass is 9.81. The van der Waals surface area contributed by atoms with Crippen LogP contribution in [0.5, 0.6) is 0 Å². The number of nitrogens with zero attached hydrogens (tertiary/aromatic N) is 1. The second kappa shape index (κ2) is 9.05. The molecule has 0 heterocycles. The van der Waals surface area contributed by atoms with Gasteiger partial charge in [0.15, 0.2) is 0 Å². The lowest BCUT2D eigenvalue weighted by molar-refractivity contribution is -0.137. The van der Waals surface area contributed by atoms with E-state index in [-0.39, 0.29) is 23.7 Å². The number of hydrogen-bond donors (Lipinski definition) is 1. The van der Waals surface area contributed by atoms with Gasteiger partial charge in [-0.3, -0.25) is 9.59 Å². The van der Waals surface area contributed by atoms with Gasteiger partial charge >= 0.3 is 0 Å². The summed E-state index contributed by atoms with van der Waals surface area (Å²) in [6, 6.07) is 17.2. The van der Waals surface area contributed by atoms with Crippen LogP contribution in [0.25, 0.3) is 0 Å². The van der Waals surface area contributed by atoms with Crippen molar-refractivity contribution >= 4 is 29.1 Å². The van der Waals surface area contributed by atoms with Crippen LogP contribution in [0.1, 0.15) is 31.2 Å². The minimum Gasteiger partial charge on any atom is -0.341 e. The zero-order valence-corrected chi connectivity index (χ0v) is 16.3. The zero-order chi connectivity index (χ0) is 19.2. The molecule has 1 fully saturated rings. The highest BCUT2D eigenvalue weighted by atomic mass is 35.5. The van der Waals surface area contributed by atoms with Crippen LogP contribution >= 0.6 is 11.6 Å². The van der Waals surface area contributed by atoms with E-state index in [0.29, 0.717) is 17.3 Å². The van der Waals surface area contributed by atoms with Gasteiger partial charge in [-0.25, -0.2) is 0 Å². The minimum absolute atomic E-state index is 0.00827. The molecule has 1 N–H and O–H groups in total. The van der Waals surface area contributed by atoms with Crippen molar-refractivity contribution in [1.29, 1.82) is 0 Å². The van der Waals surface area contributed by atoms with Gasteiger partial charge in [-0.1, -0.05) is 48.0 Å². The van der Waals surface area contributed by atoms with Gasteiger partial charge in [0, 0.05) is 36.1 Å². The van der Waals surface area contributed by atoms with Gasteiger partial charge in [-0.2, -0.15) is 0 Å². The van der Waals surface area contributed by atoms with Gasteiger partial charge in [0.1, 0.15) is 0 Å². The van der Waals surface area contributed by atoms with Crippen LogP contribution in [0.15, 0.2) is 54.6 Å². The quantitative estimate of drug-likeness (QED) is 0.809. The van der Waals surface area contributed by atoms with Crippen molar-refractivity contribution in [2.45, 2.75) is 32.2 Å². The predicted octanol–water partition coefficient (Wildman–Crippen LogP) is 4.74. The summed E-state index contributed by atoms with van der Waals surface area (Å²) in [6.07, 6.45) is 2.99. The maximum Gasteiger partial charge on any atom is 0.227 e. The van der Waals surface area contributed by atoms with Gasteiger partial charge in [-0.15, -0.1) is 0 Å². The van der Waals surface area contributed by atoms with Crippen molar-refractivity contribution in [3.63, 3.8) is 0 Å². The third kappa shape index (κ3) is 5.33. The number of halogens is 1. The molecule has 0 unspecified atom stereocenters. The summed E-state index contributed by atoms with van der Waals surface area (Å²) >= 11 is 5.96. The second-order valence-corrected chi connectivity index (χ2v) is 7.66. The van der Waals surface area contributed by atoms with Crippen LogP contribution < -0.4 is 5.32 Å². The number of carbonyl (C=O) groups excluding carboxylic acids is 2. The number of anilines is 1. The average molecular weight is 385 g/mol. The Morgan fingerprint density at radius 3 is 2.33 bits per heavy atom. The summed E-state index contributed by atoms with van der Waals surface area (Å²) in [5.74, 6) is 0.148. The molecule has 0 radical (unpaired) electrons. The lowest BCUT2D eigenvalue weighted by Crippen LogP contribution is -2.36. The Bertz CT molecular complexity index is 786. The number of benzene rings is 2. The highest BCUT2D eigenvalue weighted by Crippen LogP contribution is 2.31. The molecule has 1 aliphatic carbocycles. The average Bonchev–Trinajstić information content (AvgIpc) is 2.68. The van der Waals surface area contributed by atoms with Gasteiger partial charge < -0.3 is 10.2 Å². The fraction of sp³-hybridized carbons (Fsp3) is 0.364. The van der Waals surface area contributed by atoms with E-state index in [0.717, 1.165) is 31.2 Å². The first-order valence-corrected chi connectivity index (χ1v) is 9.76. The summed E-state index contributed by atoms with van der Waals surface area (Å²) in [4.78, 5) is 27.0. The van der Waals surface area contributed by atoms with Crippen molar-refractivity contribution < 1.29 is 9.59 Å². The van der Waals surface area contributed by atoms with Gasteiger partial charge in [-0.05, 0) is 49.4 Å². The van der Waals surface area contributed by atoms with Gasteiger partial charge in [0.25, 0.3) is 0 Å². The van der Waals surface area contributed by atoms with Gasteiger partial charge in [0.2, 0.25) is 11.8 Å². The number of hydrogen-bond acceptors (Lipinski definition) is 2. The van der Waals surface area contributed by atoms with E-state index >= 15 is 0 Å². The molecule has 2 amide bonds. The van der Waals surface area contributed by atoms with Crippen LogP contribution in [0, 0.1) is 11.8 Å². The molecule has 3 rings (SSSR count). The summed E-state index contributed by atoms with van der Waals surface area (Å²) < 4.78 is 0. The molecule has 0 saturated heterocycles. The summed E-state index contributed by atoms with van der Waals surface area (Å²) in [5, 5.41) is 3.53. The zero-order valence-electron chi connectivity index (χ0n) is 15.5. The molecule has 0 bridgehead atoms. The molecular formula is C22H25ClN2O2. The molecule has 142 valence electrons. The summed E-state index contributed by atoms with van der Waals surface area (Å²) in [7, 11) is 1.85. The van der Waals surface area contributed by atoms with Crippen LogP contribution in [0.2, 0.25) is 5.02 Å². The molecule has 1 aliphatic rings. The van der Waals surface area contributed by atoms with Crippen LogP contribution in [-0.4, -0.2) is 23.8 Å². The SMILES string of the molecule is CN(Cc1ccccc1)C(=O)C1CCC(C(=O)Nc2cccc(Cl)c2)CC1. The fourth-order valence-corrected chi connectivity index (χ4v) is 3.85. The molecule has 0 aromatic heterocycles. The van der Waals surface area contributed by atoms with Crippen molar-refractivity contribution in [3.05, 3.63) is 65.2 Å². The van der Waals surface area contributed by atoms with E-state index in [1.165, 1.54) is 0 Å². The first-order chi connectivity index (χ1) is 13.0. The Morgan fingerprint density at radius 1 is 1.00 bits per heavy atom. The largest absolute Gasteiger partial charge is 0.341 e. The maximum atomic E-state index is 12.7. The van der Waals surface area contributed by atoms with E-state index in [1.807, 2.05) is 49.5 Å². The lowest BCUT2D eigenvalue weighted by Gasteiger charge is -2.30. The number of rotatable bonds is 5. The first kappa shape index (κ1) is 19.4. The third-order valence-electron chi connectivity index (χ3n) is 5.18. The number of carbonyl (C=O) groups is 2. The standard InChI is InChI=1S/C22H25ClN2O2/c1-25(15-16-6-3-2-4-7-16)22(27)18-12-10-17(11-13-18)21(26)24-20-9-5-8-19(23)14-20/h2-9,14,17-18H,10-13,15H2,1H3,(H,24,26). The van der Waals surface area contributed by atoms with E-state index in [1.54, 1.807) is 17.0 Å². The molecule has 1 saturated carbocycles. The Balaban J connectivity index is 1.49.